The molecular formula is C7H13N3O2S. The Hall–Kier alpha value is -1.04. The summed E-state index contributed by atoms with van der Waals surface area (Å²) >= 11 is 0. The van der Waals surface area contributed by atoms with Crippen molar-refractivity contribution in [2.24, 2.45) is 7.05 Å². The van der Waals surface area contributed by atoms with Crippen molar-refractivity contribution < 1.29 is 8.42 Å². The molecule has 1 aromatic rings. The molecule has 0 aromatic carbocycles. The summed E-state index contributed by atoms with van der Waals surface area (Å²) in [6.45, 7) is 3.26. The van der Waals surface area contributed by atoms with E-state index in [-0.39, 0.29) is 16.5 Å². The Labute approximate surface area is 77.5 Å². The number of nitrogens with zero attached hydrogens (tertiary/aromatic N) is 2. The summed E-state index contributed by atoms with van der Waals surface area (Å²) in [5, 5.41) is 4.06. The minimum atomic E-state index is -3.26. The lowest BCUT2D eigenvalue weighted by Gasteiger charge is -2.01. The van der Waals surface area contributed by atoms with Gasteiger partial charge in [-0.2, -0.15) is 5.10 Å². The number of aromatic nitrogens is 2. The number of hydrogen-bond donors (Lipinski definition) is 1. The predicted molar refractivity (Wildman–Crippen MR) is 50.1 cm³/mol. The Kier molecular flexibility index (Phi) is 2.34. The van der Waals surface area contributed by atoms with E-state index >= 15 is 0 Å². The van der Waals surface area contributed by atoms with Crippen molar-refractivity contribution in [1.29, 1.82) is 0 Å². The molecule has 0 atom stereocenters. The molecule has 5 nitrogen and oxygen atoms in total. The van der Waals surface area contributed by atoms with Gasteiger partial charge in [-0.15, -0.1) is 0 Å². The van der Waals surface area contributed by atoms with Crippen LogP contribution in [0.3, 0.4) is 0 Å². The highest BCUT2D eigenvalue weighted by Crippen LogP contribution is 2.21. The second-order valence-electron chi connectivity index (χ2n) is 2.83. The summed E-state index contributed by atoms with van der Waals surface area (Å²) in [4.78, 5) is 0. The molecule has 0 saturated carbocycles. The third-order valence-electron chi connectivity index (χ3n) is 1.89. The van der Waals surface area contributed by atoms with Crippen molar-refractivity contribution in [3.05, 3.63) is 5.69 Å². The summed E-state index contributed by atoms with van der Waals surface area (Å²) in [5.41, 5.74) is 6.41. The molecule has 0 radical (unpaired) electrons. The minimum Gasteiger partial charge on any atom is -0.395 e. The molecular weight excluding hydrogens is 190 g/mol. The van der Waals surface area contributed by atoms with Crippen molar-refractivity contribution in [3.8, 4) is 0 Å². The smallest absolute Gasteiger partial charge is 0.197 e. The zero-order valence-electron chi connectivity index (χ0n) is 7.90. The van der Waals surface area contributed by atoms with Gasteiger partial charge in [-0.3, -0.25) is 4.68 Å². The van der Waals surface area contributed by atoms with Crippen LogP contribution in [0.15, 0.2) is 5.03 Å². The first-order valence-electron chi connectivity index (χ1n) is 3.92. The Morgan fingerprint density at radius 2 is 2.08 bits per heavy atom. The highest BCUT2D eigenvalue weighted by atomic mass is 32.2. The maximum absolute atomic E-state index is 11.5. The molecule has 0 fully saturated rings. The highest BCUT2D eigenvalue weighted by Gasteiger charge is 2.22. The molecule has 74 valence electrons. The number of sulfone groups is 1. The summed E-state index contributed by atoms with van der Waals surface area (Å²) in [6, 6.07) is 0. The summed E-state index contributed by atoms with van der Waals surface area (Å²) < 4.78 is 24.3. The Morgan fingerprint density at radius 3 is 2.38 bits per heavy atom. The first kappa shape index (κ1) is 10.0. The van der Waals surface area contributed by atoms with Crippen LogP contribution in [0.4, 0.5) is 5.69 Å². The maximum atomic E-state index is 11.5. The average molecular weight is 203 g/mol. The lowest BCUT2D eigenvalue weighted by atomic mass is 10.4. The zero-order valence-corrected chi connectivity index (χ0v) is 8.72. The number of nitrogen functional groups attached to an aromatic ring is 1. The van der Waals surface area contributed by atoms with E-state index in [4.69, 9.17) is 5.73 Å². The van der Waals surface area contributed by atoms with E-state index in [0.717, 1.165) is 0 Å². The summed E-state index contributed by atoms with van der Waals surface area (Å²) in [7, 11) is -1.69. The molecule has 0 bridgehead atoms. The first-order chi connectivity index (χ1) is 5.90. The molecule has 0 aliphatic carbocycles. The van der Waals surface area contributed by atoms with Gasteiger partial charge in [0.1, 0.15) is 0 Å². The van der Waals surface area contributed by atoms with Crippen LogP contribution in [-0.4, -0.2) is 24.0 Å². The van der Waals surface area contributed by atoms with Crippen molar-refractivity contribution in [2.75, 3.05) is 11.5 Å². The number of rotatable bonds is 2. The van der Waals surface area contributed by atoms with E-state index < -0.39 is 9.84 Å². The van der Waals surface area contributed by atoms with Crippen molar-refractivity contribution in [3.63, 3.8) is 0 Å². The van der Waals surface area contributed by atoms with Gasteiger partial charge in [0.15, 0.2) is 14.9 Å². The van der Waals surface area contributed by atoms with Crippen molar-refractivity contribution in [1.82, 2.24) is 9.78 Å². The number of nitrogens with two attached hydrogens (primary N) is 1. The largest absolute Gasteiger partial charge is 0.395 e. The second kappa shape index (κ2) is 3.02. The SMILES string of the molecule is CCS(=O)(=O)c1c(N)c(C)nn1C. The maximum Gasteiger partial charge on any atom is 0.197 e. The van der Waals surface area contributed by atoms with Gasteiger partial charge < -0.3 is 5.73 Å². The fraction of sp³-hybridized carbons (Fsp3) is 0.571. The van der Waals surface area contributed by atoms with Crippen molar-refractivity contribution in [2.45, 2.75) is 18.9 Å². The molecule has 13 heavy (non-hydrogen) atoms. The lowest BCUT2D eigenvalue weighted by molar-refractivity contribution is 0.578. The van der Waals surface area contributed by atoms with Crippen LogP contribution in [0.25, 0.3) is 0 Å². The zero-order chi connectivity index (χ0) is 10.2. The third-order valence-corrected chi connectivity index (χ3v) is 3.72. The molecule has 1 rings (SSSR count). The van der Waals surface area contributed by atoms with E-state index in [2.05, 4.69) is 5.10 Å². The van der Waals surface area contributed by atoms with Gasteiger partial charge in [-0.25, -0.2) is 8.42 Å². The predicted octanol–water partition coefficient (Wildman–Crippen LogP) is 0.104. The van der Waals surface area contributed by atoms with Gasteiger partial charge in [0.05, 0.1) is 17.1 Å². The standard InChI is InChI=1S/C7H13N3O2S/c1-4-13(11,12)7-6(8)5(2)9-10(7)3/h4,8H2,1-3H3. The van der Waals surface area contributed by atoms with E-state index in [0.29, 0.717) is 5.69 Å². The van der Waals surface area contributed by atoms with E-state index in [1.54, 1.807) is 20.9 Å². The van der Waals surface area contributed by atoms with Crippen molar-refractivity contribution >= 4 is 15.5 Å². The monoisotopic (exact) mass is 203 g/mol. The molecule has 0 saturated heterocycles. The third kappa shape index (κ3) is 1.53. The van der Waals surface area contributed by atoms with Gasteiger partial charge in [0.2, 0.25) is 0 Å². The van der Waals surface area contributed by atoms with E-state index in [9.17, 15) is 8.42 Å². The van der Waals surface area contributed by atoms with E-state index in [1.807, 2.05) is 0 Å². The van der Waals surface area contributed by atoms with Crippen LogP contribution in [0, 0.1) is 6.92 Å². The molecule has 0 unspecified atom stereocenters. The fourth-order valence-corrected chi connectivity index (χ4v) is 2.36. The van der Waals surface area contributed by atoms with Gasteiger partial charge >= 0.3 is 0 Å². The highest BCUT2D eigenvalue weighted by molar-refractivity contribution is 7.91. The molecule has 0 aliphatic heterocycles. The van der Waals surface area contributed by atoms with Gasteiger partial charge in [0, 0.05) is 7.05 Å². The molecule has 0 aliphatic rings. The van der Waals surface area contributed by atoms with E-state index in [1.165, 1.54) is 4.68 Å². The molecule has 0 spiro atoms. The lowest BCUT2D eigenvalue weighted by Crippen LogP contribution is -2.11. The Morgan fingerprint density at radius 1 is 1.54 bits per heavy atom. The topological polar surface area (TPSA) is 78.0 Å². The van der Waals surface area contributed by atoms with Crippen LogP contribution < -0.4 is 5.73 Å². The Balaban J connectivity index is 3.47. The molecule has 1 aromatic heterocycles. The molecule has 2 N–H and O–H groups in total. The average Bonchev–Trinajstić information content (AvgIpc) is 2.27. The van der Waals surface area contributed by atoms with Gasteiger partial charge in [-0.1, -0.05) is 6.92 Å². The van der Waals surface area contributed by atoms with Crippen LogP contribution >= 0.6 is 0 Å². The summed E-state index contributed by atoms with van der Waals surface area (Å²) in [6.07, 6.45) is 0. The number of aryl methyl sites for hydroxylation is 2. The minimum absolute atomic E-state index is 0.0379. The summed E-state index contributed by atoms with van der Waals surface area (Å²) in [5.74, 6) is 0.0379. The van der Waals surface area contributed by atoms with Gasteiger partial charge in [0.25, 0.3) is 0 Å². The fourth-order valence-electron chi connectivity index (χ4n) is 1.16. The first-order valence-corrected chi connectivity index (χ1v) is 5.57. The quantitative estimate of drug-likeness (QED) is 0.739. The van der Waals surface area contributed by atoms with Crippen LogP contribution in [-0.2, 0) is 16.9 Å². The van der Waals surface area contributed by atoms with Gasteiger partial charge in [-0.05, 0) is 6.92 Å². The van der Waals surface area contributed by atoms with Crippen LogP contribution in [0.5, 0.6) is 0 Å². The normalized spacial score (nSPS) is 11.9. The number of anilines is 1. The number of hydrogen-bond acceptors (Lipinski definition) is 4. The second-order valence-corrected chi connectivity index (χ2v) is 5.02. The molecule has 0 amide bonds. The molecule has 6 heteroatoms. The molecule has 1 heterocycles. The Bertz CT molecular complexity index is 419. The van der Waals surface area contributed by atoms with Crippen LogP contribution in [0.1, 0.15) is 12.6 Å². The van der Waals surface area contributed by atoms with Crippen LogP contribution in [0.2, 0.25) is 0 Å².